The summed E-state index contributed by atoms with van der Waals surface area (Å²) in [6.07, 6.45) is 1.36. The number of aryl methyl sites for hydroxylation is 2. The number of amides is 5. The van der Waals surface area contributed by atoms with Gasteiger partial charge in [0, 0.05) is 10.7 Å². The molecule has 0 spiro atoms. The fourth-order valence-electron chi connectivity index (χ4n) is 3.60. The highest BCUT2D eigenvalue weighted by atomic mass is 79.9. The lowest BCUT2D eigenvalue weighted by atomic mass is 10.1. The van der Waals surface area contributed by atoms with Crippen molar-refractivity contribution in [3.63, 3.8) is 0 Å². The summed E-state index contributed by atoms with van der Waals surface area (Å²) >= 11 is 12.7. The number of nitrogens with zero attached hydrogens (tertiary/aromatic N) is 1. The number of imide groups is 2. The summed E-state index contributed by atoms with van der Waals surface area (Å²) in [5.74, 6) is -1.58. The van der Waals surface area contributed by atoms with Gasteiger partial charge in [-0.1, -0.05) is 17.7 Å². The van der Waals surface area contributed by atoms with Gasteiger partial charge >= 0.3 is 6.03 Å². The highest BCUT2D eigenvalue weighted by Crippen LogP contribution is 2.36. The van der Waals surface area contributed by atoms with E-state index < -0.39 is 17.8 Å². The summed E-state index contributed by atoms with van der Waals surface area (Å²) in [7, 11) is 0. The average Bonchev–Trinajstić information content (AvgIpc) is 2.84. The summed E-state index contributed by atoms with van der Waals surface area (Å²) in [6.45, 7) is 3.71. The lowest BCUT2D eigenvalue weighted by Crippen LogP contribution is -2.54. The maximum atomic E-state index is 13.1. The number of carbonyl (C=O) groups excluding carboxylic acids is 4. The maximum absolute atomic E-state index is 13.1. The molecule has 1 saturated heterocycles. The number of benzene rings is 3. The first-order valence-corrected chi connectivity index (χ1v) is 13.2. The summed E-state index contributed by atoms with van der Waals surface area (Å²) in [6, 6.07) is 14.1. The molecule has 1 fully saturated rings. The number of anilines is 2. The zero-order valence-electron chi connectivity index (χ0n) is 20.1. The molecule has 0 saturated carbocycles. The second-order valence-corrected chi connectivity index (χ2v) is 10.5. The van der Waals surface area contributed by atoms with Crippen LogP contribution in [0.15, 0.2) is 69.1 Å². The van der Waals surface area contributed by atoms with E-state index in [0.29, 0.717) is 31.0 Å². The molecule has 38 heavy (non-hydrogen) atoms. The van der Waals surface area contributed by atoms with Gasteiger partial charge in [-0.15, -0.1) is 0 Å². The van der Waals surface area contributed by atoms with Crippen LogP contribution in [0.25, 0.3) is 6.08 Å². The molecule has 1 aliphatic heterocycles. The molecule has 8 nitrogen and oxygen atoms in total. The van der Waals surface area contributed by atoms with Crippen molar-refractivity contribution in [2.45, 2.75) is 13.8 Å². The van der Waals surface area contributed by atoms with E-state index in [1.165, 1.54) is 30.3 Å². The molecule has 0 bridgehead atoms. The van der Waals surface area contributed by atoms with Crippen molar-refractivity contribution >= 4 is 84.7 Å². The van der Waals surface area contributed by atoms with E-state index in [1.807, 2.05) is 32.0 Å². The monoisotopic (exact) mass is 659 g/mol. The van der Waals surface area contributed by atoms with E-state index in [2.05, 4.69) is 42.5 Å². The van der Waals surface area contributed by atoms with Crippen LogP contribution in [0, 0.1) is 13.8 Å². The zero-order chi connectivity index (χ0) is 27.6. The summed E-state index contributed by atoms with van der Waals surface area (Å²) in [4.78, 5) is 51.2. The molecular formula is C27H20Br2ClN3O5. The van der Waals surface area contributed by atoms with Gasteiger partial charge in [-0.25, -0.2) is 9.69 Å². The van der Waals surface area contributed by atoms with Crippen LogP contribution in [0.5, 0.6) is 5.75 Å². The number of ether oxygens (including phenoxy) is 1. The Kier molecular flexibility index (Phi) is 8.35. The Morgan fingerprint density at radius 3 is 2.29 bits per heavy atom. The number of carbonyl (C=O) groups is 4. The minimum atomic E-state index is -0.857. The van der Waals surface area contributed by atoms with E-state index in [9.17, 15) is 19.2 Å². The fourth-order valence-corrected chi connectivity index (χ4v) is 5.18. The standard InChI is InChI=1S/C27H20Br2ClN3O5/c1-14-3-6-18(9-15(14)2)31-23(34)13-38-24-21(28)11-16(12-22(24)29)10-20-25(35)32-27(37)33(26(20)36)19-7-4-17(30)5-8-19/h3-12H,13H2,1-2H3,(H,31,34)(H,32,35,37)/b20-10-. The van der Waals surface area contributed by atoms with E-state index in [0.717, 1.165) is 16.0 Å². The first kappa shape index (κ1) is 27.6. The zero-order valence-corrected chi connectivity index (χ0v) is 24.0. The third kappa shape index (κ3) is 6.15. The largest absolute Gasteiger partial charge is 0.481 e. The number of rotatable bonds is 6. The van der Waals surface area contributed by atoms with Gasteiger partial charge in [-0.3, -0.25) is 19.7 Å². The van der Waals surface area contributed by atoms with Crippen molar-refractivity contribution in [1.29, 1.82) is 0 Å². The van der Waals surface area contributed by atoms with Crippen LogP contribution in [0.2, 0.25) is 5.02 Å². The second kappa shape index (κ2) is 11.5. The molecule has 194 valence electrons. The third-order valence-electron chi connectivity index (χ3n) is 5.66. The Morgan fingerprint density at radius 1 is 1.00 bits per heavy atom. The predicted octanol–water partition coefficient (Wildman–Crippen LogP) is 6.17. The minimum absolute atomic E-state index is 0.236. The van der Waals surface area contributed by atoms with Gasteiger partial charge in [0.2, 0.25) is 0 Å². The number of halogens is 3. The Bertz CT molecular complexity index is 1480. The van der Waals surface area contributed by atoms with E-state index >= 15 is 0 Å². The summed E-state index contributed by atoms with van der Waals surface area (Å²) in [5.41, 5.74) is 3.35. The van der Waals surface area contributed by atoms with Crippen LogP contribution in [0.3, 0.4) is 0 Å². The van der Waals surface area contributed by atoms with E-state index in [-0.39, 0.29) is 23.8 Å². The van der Waals surface area contributed by atoms with Gasteiger partial charge in [0.05, 0.1) is 14.6 Å². The molecule has 3 aromatic rings. The maximum Gasteiger partial charge on any atom is 0.335 e. The highest BCUT2D eigenvalue weighted by molar-refractivity contribution is 9.11. The summed E-state index contributed by atoms with van der Waals surface area (Å²) < 4.78 is 6.66. The van der Waals surface area contributed by atoms with Crippen molar-refractivity contribution in [3.05, 3.63) is 90.8 Å². The molecule has 0 radical (unpaired) electrons. The Morgan fingerprint density at radius 2 is 1.66 bits per heavy atom. The quantitative estimate of drug-likeness (QED) is 0.243. The molecular weight excluding hydrogens is 642 g/mol. The second-order valence-electron chi connectivity index (χ2n) is 8.38. The van der Waals surface area contributed by atoms with Crippen LogP contribution >= 0.6 is 43.5 Å². The lowest BCUT2D eigenvalue weighted by molar-refractivity contribution is -0.122. The van der Waals surface area contributed by atoms with E-state index in [4.69, 9.17) is 16.3 Å². The number of barbiturate groups is 1. The molecule has 0 aromatic heterocycles. The highest BCUT2D eigenvalue weighted by Gasteiger charge is 2.36. The molecule has 1 heterocycles. The SMILES string of the molecule is Cc1ccc(NC(=O)COc2c(Br)cc(/C=C3/C(=O)NC(=O)N(c4ccc(Cl)cc4)C3=O)cc2Br)cc1C. The molecule has 1 aliphatic rings. The molecule has 4 rings (SSSR count). The van der Waals surface area contributed by atoms with Gasteiger partial charge in [0.25, 0.3) is 17.7 Å². The number of hydrogen-bond donors (Lipinski definition) is 2. The van der Waals surface area contributed by atoms with Crippen LogP contribution in [-0.4, -0.2) is 30.4 Å². The molecule has 0 unspecified atom stereocenters. The molecule has 5 amide bonds. The lowest BCUT2D eigenvalue weighted by Gasteiger charge is -2.26. The molecule has 0 atom stereocenters. The van der Waals surface area contributed by atoms with Gasteiger partial charge in [0.15, 0.2) is 6.61 Å². The van der Waals surface area contributed by atoms with E-state index in [1.54, 1.807) is 12.1 Å². The van der Waals surface area contributed by atoms with Gasteiger partial charge in [-0.05, 0) is 117 Å². The number of hydrogen-bond acceptors (Lipinski definition) is 5. The van der Waals surface area contributed by atoms with Gasteiger partial charge in [0.1, 0.15) is 11.3 Å². The van der Waals surface area contributed by atoms with Crippen molar-refractivity contribution in [1.82, 2.24) is 5.32 Å². The number of nitrogens with one attached hydrogen (secondary N) is 2. The first-order chi connectivity index (χ1) is 18.0. The van der Waals surface area contributed by atoms with Crippen molar-refractivity contribution in [3.8, 4) is 5.75 Å². The van der Waals surface area contributed by atoms with Crippen molar-refractivity contribution < 1.29 is 23.9 Å². The molecule has 11 heteroatoms. The molecule has 3 aromatic carbocycles. The fraction of sp³-hybridized carbons (Fsp3) is 0.111. The summed E-state index contributed by atoms with van der Waals surface area (Å²) in [5, 5.41) is 5.40. The minimum Gasteiger partial charge on any atom is -0.481 e. The topological polar surface area (TPSA) is 105 Å². The average molecular weight is 662 g/mol. The normalized spacial score (nSPS) is 14.5. The Labute approximate surface area is 240 Å². The number of urea groups is 1. The third-order valence-corrected chi connectivity index (χ3v) is 7.09. The van der Waals surface area contributed by atoms with Gasteiger partial charge < -0.3 is 10.1 Å². The van der Waals surface area contributed by atoms with Crippen LogP contribution < -0.4 is 20.3 Å². The first-order valence-electron chi connectivity index (χ1n) is 11.2. The Hall–Kier alpha value is -3.47. The van der Waals surface area contributed by atoms with Crippen molar-refractivity contribution in [2.24, 2.45) is 0 Å². The smallest absolute Gasteiger partial charge is 0.335 e. The molecule has 0 aliphatic carbocycles. The van der Waals surface area contributed by atoms with Crippen LogP contribution in [-0.2, 0) is 14.4 Å². The molecule has 2 N–H and O–H groups in total. The predicted molar refractivity (Wildman–Crippen MR) is 152 cm³/mol. The van der Waals surface area contributed by atoms with Crippen molar-refractivity contribution in [2.75, 3.05) is 16.8 Å². The van der Waals surface area contributed by atoms with Gasteiger partial charge in [-0.2, -0.15) is 0 Å². The van der Waals surface area contributed by atoms with Crippen LogP contribution in [0.4, 0.5) is 16.2 Å². The van der Waals surface area contributed by atoms with Crippen LogP contribution in [0.1, 0.15) is 16.7 Å². The Balaban J connectivity index is 1.51.